The molecule has 0 aliphatic carbocycles. The van der Waals surface area contributed by atoms with Crippen LogP contribution in [0, 0.1) is 0 Å². The highest BCUT2D eigenvalue weighted by Gasteiger charge is 2.09. The fraction of sp³-hybridized carbons (Fsp3) is 0.136. The van der Waals surface area contributed by atoms with E-state index in [1.54, 1.807) is 19.3 Å². The largest absolute Gasteiger partial charge is 0.496 e. The van der Waals surface area contributed by atoms with Crippen LogP contribution < -0.4 is 9.47 Å². The van der Waals surface area contributed by atoms with Gasteiger partial charge in [-0.05, 0) is 42.1 Å². The van der Waals surface area contributed by atoms with Crippen LogP contribution in [-0.4, -0.2) is 19.5 Å². The van der Waals surface area contributed by atoms with E-state index < -0.39 is 0 Å². The Balaban J connectivity index is 1.95. The number of carbonyl (C=O) groups is 1. The minimum absolute atomic E-state index is 0.0797. The number of hydrogen-bond donors (Lipinski definition) is 0. The van der Waals surface area contributed by atoms with Crippen LogP contribution in [0.1, 0.15) is 22.8 Å². The Morgan fingerprint density at radius 3 is 2.40 bits per heavy atom. The van der Waals surface area contributed by atoms with Gasteiger partial charge >= 0.3 is 0 Å². The van der Waals surface area contributed by atoms with Crippen LogP contribution in [0.3, 0.4) is 0 Å². The van der Waals surface area contributed by atoms with Gasteiger partial charge in [0.15, 0.2) is 5.78 Å². The molecule has 3 nitrogen and oxygen atoms in total. The lowest BCUT2D eigenvalue weighted by atomic mass is 10.0. The summed E-state index contributed by atoms with van der Waals surface area (Å²) in [7, 11) is 1.66. The summed E-state index contributed by atoms with van der Waals surface area (Å²) < 4.78 is 11.0. The fourth-order valence-corrected chi connectivity index (χ4v) is 2.82. The average Bonchev–Trinajstić information content (AvgIpc) is 2.66. The first-order valence-electron chi connectivity index (χ1n) is 8.24. The molecule has 3 aromatic rings. The molecule has 0 N–H and O–H groups in total. The van der Waals surface area contributed by atoms with Crippen molar-refractivity contribution in [2.45, 2.75) is 6.92 Å². The number of hydrogen-bond acceptors (Lipinski definition) is 3. The number of benzene rings is 3. The summed E-state index contributed by atoms with van der Waals surface area (Å²) in [6.45, 7) is 2.43. The molecule has 126 valence electrons. The zero-order valence-electron chi connectivity index (χ0n) is 14.4. The molecule has 0 radical (unpaired) electrons. The minimum atomic E-state index is -0.0797. The van der Waals surface area contributed by atoms with E-state index >= 15 is 0 Å². The van der Waals surface area contributed by atoms with Crippen LogP contribution in [0.4, 0.5) is 0 Å². The van der Waals surface area contributed by atoms with Crippen molar-refractivity contribution < 1.29 is 14.3 Å². The highest BCUT2D eigenvalue weighted by atomic mass is 16.5. The quantitative estimate of drug-likeness (QED) is 0.463. The van der Waals surface area contributed by atoms with Crippen molar-refractivity contribution in [1.29, 1.82) is 0 Å². The number of allylic oxidation sites excluding steroid dienone is 1. The predicted molar refractivity (Wildman–Crippen MR) is 101 cm³/mol. The third kappa shape index (κ3) is 3.56. The smallest absolute Gasteiger partial charge is 0.189 e. The van der Waals surface area contributed by atoms with E-state index in [2.05, 4.69) is 0 Å². The normalized spacial score (nSPS) is 11.0. The number of ketones is 1. The molecule has 0 heterocycles. The molecule has 0 atom stereocenters. The molecule has 0 fully saturated rings. The van der Waals surface area contributed by atoms with Gasteiger partial charge in [0.05, 0.1) is 19.3 Å². The molecule has 0 saturated heterocycles. The summed E-state index contributed by atoms with van der Waals surface area (Å²) in [5.74, 6) is 1.35. The van der Waals surface area contributed by atoms with E-state index in [0.29, 0.717) is 17.9 Å². The first-order chi connectivity index (χ1) is 12.2. The number of methoxy groups -OCH3 is 1. The van der Waals surface area contributed by atoms with Gasteiger partial charge in [-0.3, -0.25) is 4.79 Å². The highest BCUT2D eigenvalue weighted by molar-refractivity contribution is 6.09. The molecule has 0 bridgehead atoms. The molecule has 0 unspecified atom stereocenters. The standard InChI is InChI=1S/C22H20O3/c1-3-25-22-11-7-6-10-19(22)20(23)14-12-16-13-15-21(24-2)18-9-5-4-8-17(16)18/h4-15H,3H2,1-2H3/b14-12+. The van der Waals surface area contributed by atoms with Crippen molar-refractivity contribution in [2.75, 3.05) is 13.7 Å². The van der Waals surface area contributed by atoms with Gasteiger partial charge in [0.25, 0.3) is 0 Å². The van der Waals surface area contributed by atoms with Crippen LogP contribution in [0.15, 0.2) is 66.7 Å². The molecule has 3 heteroatoms. The van der Waals surface area contributed by atoms with E-state index in [0.717, 1.165) is 22.1 Å². The second-order valence-electron chi connectivity index (χ2n) is 5.53. The second-order valence-corrected chi connectivity index (χ2v) is 5.53. The number of para-hydroxylation sites is 1. The number of carbonyl (C=O) groups excluding carboxylic acids is 1. The van der Waals surface area contributed by atoms with Crippen molar-refractivity contribution in [2.24, 2.45) is 0 Å². The Hall–Kier alpha value is -3.07. The molecule has 0 aromatic heterocycles. The van der Waals surface area contributed by atoms with Gasteiger partial charge < -0.3 is 9.47 Å². The lowest BCUT2D eigenvalue weighted by molar-refractivity contribution is 0.104. The monoisotopic (exact) mass is 332 g/mol. The van der Waals surface area contributed by atoms with Crippen molar-refractivity contribution >= 4 is 22.6 Å². The van der Waals surface area contributed by atoms with Gasteiger partial charge in [-0.15, -0.1) is 0 Å². The van der Waals surface area contributed by atoms with Crippen LogP contribution >= 0.6 is 0 Å². The maximum atomic E-state index is 12.6. The fourth-order valence-electron chi connectivity index (χ4n) is 2.82. The van der Waals surface area contributed by atoms with Gasteiger partial charge in [-0.25, -0.2) is 0 Å². The molecular weight excluding hydrogens is 312 g/mol. The molecule has 0 aliphatic rings. The van der Waals surface area contributed by atoms with Crippen molar-refractivity contribution in [3.63, 3.8) is 0 Å². The first-order valence-corrected chi connectivity index (χ1v) is 8.24. The Morgan fingerprint density at radius 1 is 0.920 bits per heavy atom. The second kappa shape index (κ2) is 7.67. The molecule has 0 amide bonds. The Bertz CT molecular complexity index is 925. The van der Waals surface area contributed by atoms with Crippen molar-refractivity contribution in [1.82, 2.24) is 0 Å². The van der Waals surface area contributed by atoms with Gasteiger partial charge in [-0.2, -0.15) is 0 Å². The first kappa shape index (κ1) is 16.8. The van der Waals surface area contributed by atoms with Crippen LogP contribution in [0.2, 0.25) is 0 Å². The molecule has 0 spiro atoms. The summed E-state index contributed by atoms with van der Waals surface area (Å²) in [6, 6.07) is 19.2. The summed E-state index contributed by atoms with van der Waals surface area (Å²) in [5.41, 5.74) is 1.54. The van der Waals surface area contributed by atoms with Gasteiger partial charge in [0, 0.05) is 5.39 Å². The summed E-state index contributed by atoms with van der Waals surface area (Å²) in [6.07, 6.45) is 3.43. The number of fused-ring (bicyclic) bond motifs is 1. The van der Waals surface area contributed by atoms with Gasteiger partial charge in [0.2, 0.25) is 0 Å². The van der Waals surface area contributed by atoms with Crippen molar-refractivity contribution in [3.05, 3.63) is 77.9 Å². The van der Waals surface area contributed by atoms with Crippen LogP contribution in [0.25, 0.3) is 16.8 Å². The molecular formula is C22H20O3. The molecule has 3 rings (SSSR count). The number of ether oxygens (including phenoxy) is 2. The SMILES string of the molecule is CCOc1ccccc1C(=O)/C=C/c1ccc(OC)c2ccccc12. The van der Waals surface area contributed by atoms with E-state index in [1.807, 2.05) is 67.6 Å². The van der Waals surface area contributed by atoms with E-state index in [1.165, 1.54) is 0 Å². The number of rotatable bonds is 6. The molecule has 25 heavy (non-hydrogen) atoms. The van der Waals surface area contributed by atoms with Gasteiger partial charge in [-0.1, -0.05) is 48.5 Å². The third-order valence-corrected chi connectivity index (χ3v) is 4.00. The summed E-state index contributed by atoms with van der Waals surface area (Å²) in [4.78, 5) is 12.6. The maximum absolute atomic E-state index is 12.6. The lowest BCUT2D eigenvalue weighted by Gasteiger charge is -2.08. The zero-order chi connectivity index (χ0) is 17.6. The molecule has 0 aliphatic heterocycles. The summed E-state index contributed by atoms with van der Waals surface area (Å²) in [5, 5.41) is 2.07. The third-order valence-electron chi connectivity index (χ3n) is 4.00. The topological polar surface area (TPSA) is 35.5 Å². The summed E-state index contributed by atoms with van der Waals surface area (Å²) >= 11 is 0. The predicted octanol–water partition coefficient (Wildman–Crippen LogP) is 5.14. The van der Waals surface area contributed by atoms with Gasteiger partial charge in [0.1, 0.15) is 11.5 Å². The molecule has 0 saturated carbocycles. The Kier molecular flexibility index (Phi) is 5.14. The lowest BCUT2D eigenvalue weighted by Crippen LogP contribution is -2.01. The van der Waals surface area contributed by atoms with Crippen molar-refractivity contribution in [3.8, 4) is 11.5 Å². The zero-order valence-corrected chi connectivity index (χ0v) is 14.4. The molecule has 3 aromatic carbocycles. The average molecular weight is 332 g/mol. The van der Waals surface area contributed by atoms with E-state index in [-0.39, 0.29) is 5.78 Å². The minimum Gasteiger partial charge on any atom is -0.496 e. The van der Waals surface area contributed by atoms with E-state index in [9.17, 15) is 4.79 Å². The van der Waals surface area contributed by atoms with Crippen LogP contribution in [0.5, 0.6) is 11.5 Å². The Labute approximate surface area is 147 Å². The van der Waals surface area contributed by atoms with Crippen LogP contribution in [-0.2, 0) is 0 Å². The maximum Gasteiger partial charge on any atom is 0.189 e. The van der Waals surface area contributed by atoms with E-state index in [4.69, 9.17) is 9.47 Å². The highest BCUT2D eigenvalue weighted by Crippen LogP contribution is 2.29. The Morgan fingerprint density at radius 2 is 1.64 bits per heavy atom.